The van der Waals surface area contributed by atoms with Crippen molar-refractivity contribution in [1.82, 2.24) is 24.7 Å². The topological polar surface area (TPSA) is 85.4 Å². The first-order valence-corrected chi connectivity index (χ1v) is 9.56. The van der Waals surface area contributed by atoms with Crippen LogP contribution in [-0.2, 0) is 22.6 Å². The summed E-state index contributed by atoms with van der Waals surface area (Å²) in [5.74, 6) is -0.367. The predicted octanol–water partition coefficient (Wildman–Crippen LogP) is 1.71. The normalized spacial score (nSPS) is 20.1. The molecule has 8 nitrogen and oxygen atoms in total. The second-order valence-electron chi connectivity index (χ2n) is 6.78. The summed E-state index contributed by atoms with van der Waals surface area (Å²) in [5, 5.41) is 18.2. The van der Waals surface area contributed by atoms with Gasteiger partial charge in [-0.3, -0.25) is 9.69 Å². The molecule has 1 fully saturated rings. The van der Waals surface area contributed by atoms with Crippen LogP contribution in [0, 0.1) is 4.77 Å². The van der Waals surface area contributed by atoms with Crippen LogP contribution in [0.3, 0.4) is 0 Å². The fourth-order valence-electron chi connectivity index (χ4n) is 3.30. The number of hydrogen-bond donors (Lipinski definition) is 1. The Labute approximate surface area is 163 Å². The van der Waals surface area contributed by atoms with E-state index in [9.17, 15) is 9.90 Å². The summed E-state index contributed by atoms with van der Waals surface area (Å²) in [6.45, 7) is 2.81. The molecule has 1 N–H and O–H groups in total. The van der Waals surface area contributed by atoms with Gasteiger partial charge in [-0.15, -0.1) is 0 Å². The Bertz CT molecular complexity index is 832. The maximum absolute atomic E-state index is 11.9. The third-order valence-corrected chi connectivity index (χ3v) is 5.19. The molecule has 1 aliphatic rings. The summed E-state index contributed by atoms with van der Waals surface area (Å²) in [7, 11) is 1.34. The number of aliphatic hydroxyl groups excluding tert-OH is 1. The van der Waals surface area contributed by atoms with Gasteiger partial charge in [-0.05, 0) is 53.2 Å². The van der Waals surface area contributed by atoms with E-state index in [1.807, 2.05) is 12.1 Å². The number of benzene rings is 1. The molecule has 1 aliphatic heterocycles. The molecule has 0 radical (unpaired) electrons. The molecule has 1 aromatic carbocycles. The standard InChI is InChI=1S/C18H25N5O3S/c1-3-4-5-13-6-8-14(9-7-13)23-18(27)22(19-20-23)12-21-11-15(24)10-16(21)17(25)26-2/h6-9,15-16,24H,3-5,10-12H2,1-2H3/t15-,16+/m1/s1. The Morgan fingerprint density at radius 2 is 2.07 bits per heavy atom. The Kier molecular flexibility index (Phi) is 6.35. The van der Waals surface area contributed by atoms with Crippen LogP contribution in [0.2, 0.25) is 0 Å². The van der Waals surface area contributed by atoms with Crippen LogP contribution in [0.15, 0.2) is 24.3 Å². The second-order valence-corrected chi connectivity index (χ2v) is 7.15. The number of carbonyl (C=O) groups excluding carboxylic acids is 1. The van der Waals surface area contributed by atoms with Crippen LogP contribution in [-0.4, -0.2) is 61.6 Å². The molecule has 1 aromatic heterocycles. The molecule has 146 valence electrons. The SMILES string of the molecule is CCCCc1ccc(-n2nnn(CN3C[C@H](O)C[C@H]3C(=O)OC)c2=S)cc1. The van der Waals surface area contributed by atoms with Gasteiger partial charge in [0.15, 0.2) is 0 Å². The van der Waals surface area contributed by atoms with Crippen LogP contribution >= 0.6 is 12.2 Å². The van der Waals surface area contributed by atoms with Gasteiger partial charge in [0.2, 0.25) is 4.77 Å². The van der Waals surface area contributed by atoms with Gasteiger partial charge < -0.3 is 9.84 Å². The van der Waals surface area contributed by atoms with Crippen LogP contribution in [0.1, 0.15) is 31.7 Å². The van der Waals surface area contributed by atoms with Crippen LogP contribution < -0.4 is 0 Å². The molecule has 0 saturated carbocycles. The largest absolute Gasteiger partial charge is 0.468 e. The molecule has 0 aliphatic carbocycles. The summed E-state index contributed by atoms with van der Waals surface area (Å²) in [6.07, 6.45) is 3.15. The summed E-state index contributed by atoms with van der Waals surface area (Å²) >= 11 is 5.50. The third-order valence-electron chi connectivity index (χ3n) is 4.81. The summed E-state index contributed by atoms with van der Waals surface area (Å²) in [6, 6.07) is 7.62. The average Bonchev–Trinajstić information content (AvgIpc) is 3.23. The van der Waals surface area contributed by atoms with Gasteiger partial charge in [-0.1, -0.05) is 25.5 Å². The van der Waals surface area contributed by atoms with E-state index in [1.54, 1.807) is 14.3 Å². The molecule has 0 bridgehead atoms. The van der Waals surface area contributed by atoms with Gasteiger partial charge in [-0.25, -0.2) is 4.68 Å². The monoisotopic (exact) mass is 391 g/mol. The minimum Gasteiger partial charge on any atom is -0.468 e. The average molecular weight is 391 g/mol. The molecule has 2 heterocycles. The van der Waals surface area contributed by atoms with Gasteiger partial charge in [0.05, 0.1) is 25.6 Å². The number of β-amino-alcohol motifs (C(OH)–C–C–N with tert-alkyl or cyclic N) is 1. The number of ether oxygens (including phenoxy) is 1. The van der Waals surface area contributed by atoms with Crippen LogP contribution in [0.4, 0.5) is 0 Å². The fraction of sp³-hybridized carbons (Fsp3) is 0.556. The number of tetrazole rings is 1. The number of likely N-dealkylation sites (tertiary alicyclic amines) is 1. The summed E-state index contributed by atoms with van der Waals surface area (Å²) < 4.78 is 8.40. The number of unbranched alkanes of at least 4 members (excludes halogenated alkanes) is 1. The van der Waals surface area contributed by atoms with E-state index < -0.39 is 12.1 Å². The molecule has 9 heteroatoms. The fourth-order valence-corrected chi connectivity index (χ4v) is 3.53. The van der Waals surface area contributed by atoms with E-state index in [0.29, 0.717) is 17.7 Å². The number of aromatic nitrogens is 4. The number of esters is 1. The number of aliphatic hydroxyl groups is 1. The van der Waals surface area contributed by atoms with Gasteiger partial charge in [0, 0.05) is 13.0 Å². The second kappa shape index (κ2) is 8.73. The van der Waals surface area contributed by atoms with E-state index >= 15 is 0 Å². The number of methoxy groups -OCH3 is 1. The van der Waals surface area contributed by atoms with Gasteiger partial charge in [-0.2, -0.15) is 4.68 Å². The van der Waals surface area contributed by atoms with Crippen molar-refractivity contribution >= 4 is 18.2 Å². The van der Waals surface area contributed by atoms with Crippen LogP contribution in [0.5, 0.6) is 0 Å². The number of hydrogen-bond acceptors (Lipinski definition) is 7. The highest BCUT2D eigenvalue weighted by atomic mass is 32.1. The van der Waals surface area contributed by atoms with Crippen molar-refractivity contribution in [3.8, 4) is 5.69 Å². The lowest BCUT2D eigenvalue weighted by Gasteiger charge is -2.21. The molecule has 2 atom stereocenters. The van der Waals surface area contributed by atoms with Crippen molar-refractivity contribution in [3.63, 3.8) is 0 Å². The highest BCUT2D eigenvalue weighted by molar-refractivity contribution is 7.71. The molecule has 0 unspecified atom stereocenters. The molecule has 0 amide bonds. The minimum atomic E-state index is -0.575. The van der Waals surface area contributed by atoms with E-state index in [2.05, 4.69) is 29.5 Å². The van der Waals surface area contributed by atoms with Crippen molar-refractivity contribution < 1.29 is 14.6 Å². The lowest BCUT2D eigenvalue weighted by atomic mass is 10.1. The number of rotatable bonds is 7. The van der Waals surface area contributed by atoms with Crippen molar-refractivity contribution in [2.24, 2.45) is 0 Å². The highest BCUT2D eigenvalue weighted by Crippen LogP contribution is 2.20. The van der Waals surface area contributed by atoms with Crippen molar-refractivity contribution in [1.29, 1.82) is 0 Å². The smallest absolute Gasteiger partial charge is 0.323 e. The van der Waals surface area contributed by atoms with Crippen molar-refractivity contribution in [2.45, 2.75) is 51.4 Å². The van der Waals surface area contributed by atoms with E-state index in [4.69, 9.17) is 17.0 Å². The van der Waals surface area contributed by atoms with Crippen molar-refractivity contribution in [2.75, 3.05) is 13.7 Å². The number of aryl methyl sites for hydroxylation is 1. The van der Waals surface area contributed by atoms with E-state index in [0.717, 1.165) is 18.5 Å². The minimum absolute atomic E-state index is 0.268. The third kappa shape index (κ3) is 4.42. The first-order chi connectivity index (χ1) is 13.0. The zero-order chi connectivity index (χ0) is 19.4. The molecular weight excluding hydrogens is 366 g/mol. The number of carbonyl (C=O) groups is 1. The Morgan fingerprint density at radius 1 is 1.33 bits per heavy atom. The Hall–Kier alpha value is -2.10. The Morgan fingerprint density at radius 3 is 2.74 bits per heavy atom. The van der Waals surface area contributed by atoms with Gasteiger partial charge >= 0.3 is 5.97 Å². The first kappa shape index (κ1) is 19.7. The molecular formula is C18H25N5O3S. The number of nitrogens with zero attached hydrogens (tertiary/aromatic N) is 5. The van der Waals surface area contributed by atoms with Gasteiger partial charge in [0.1, 0.15) is 6.04 Å². The summed E-state index contributed by atoms with van der Waals surface area (Å²) in [4.78, 5) is 13.7. The zero-order valence-corrected chi connectivity index (χ0v) is 16.4. The first-order valence-electron chi connectivity index (χ1n) is 9.15. The molecule has 27 heavy (non-hydrogen) atoms. The quantitative estimate of drug-likeness (QED) is 0.568. The van der Waals surface area contributed by atoms with E-state index in [-0.39, 0.29) is 12.6 Å². The van der Waals surface area contributed by atoms with E-state index in [1.165, 1.54) is 19.1 Å². The molecule has 1 saturated heterocycles. The maximum Gasteiger partial charge on any atom is 0.323 e. The zero-order valence-electron chi connectivity index (χ0n) is 15.6. The summed E-state index contributed by atoms with van der Waals surface area (Å²) in [5.41, 5.74) is 2.13. The molecule has 2 aromatic rings. The predicted molar refractivity (Wildman–Crippen MR) is 102 cm³/mol. The lowest BCUT2D eigenvalue weighted by molar-refractivity contribution is -0.146. The Balaban J connectivity index is 1.75. The van der Waals surface area contributed by atoms with Gasteiger partial charge in [0.25, 0.3) is 0 Å². The highest BCUT2D eigenvalue weighted by Gasteiger charge is 2.37. The van der Waals surface area contributed by atoms with Crippen LogP contribution in [0.25, 0.3) is 5.69 Å². The van der Waals surface area contributed by atoms with Crippen molar-refractivity contribution in [3.05, 3.63) is 34.6 Å². The molecule has 0 spiro atoms. The molecule has 3 rings (SSSR count). The lowest BCUT2D eigenvalue weighted by Crippen LogP contribution is -2.38. The maximum atomic E-state index is 11.9.